The lowest BCUT2D eigenvalue weighted by Gasteiger charge is -2.23. The number of allylic oxidation sites excluding steroid dienone is 1. The van der Waals surface area contributed by atoms with Crippen molar-refractivity contribution in [2.45, 2.75) is 45.4 Å². The molecular formula is C23H29N6O6P. The van der Waals surface area contributed by atoms with Crippen LogP contribution >= 0.6 is 7.75 Å². The van der Waals surface area contributed by atoms with Gasteiger partial charge in [0.05, 0.1) is 25.1 Å². The Morgan fingerprint density at radius 2 is 2.00 bits per heavy atom. The normalized spacial score (nSPS) is 19.9. The maximum absolute atomic E-state index is 13.4. The summed E-state index contributed by atoms with van der Waals surface area (Å²) in [6.07, 6.45) is 6.08. The quantitative estimate of drug-likeness (QED) is 0.252. The van der Waals surface area contributed by atoms with Gasteiger partial charge in [-0.1, -0.05) is 30.4 Å². The summed E-state index contributed by atoms with van der Waals surface area (Å²) in [5, 5.41) is 11.7. The van der Waals surface area contributed by atoms with E-state index in [2.05, 4.69) is 20.0 Å². The number of ether oxygens (including phenoxy) is 1. The van der Waals surface area contributed by atoms with Gasteiger partial charge in [0.15, 0.2) is 11.2 Å². The van der Waals surface area contributed by atoms with Gasteiger partial charge in [-0.15, -0.1) is 0 Å². The molecule has 1 aliphatic carbocycles. The highest BCUT2D eigenvalue weighted by Crippen LogP contribution is 2.46. The molecule has 3 aromatic rings. The Labute approximate surface area is 208 Å². The zero-order chi connectivity index (χ0) is 25.9. The maximum atomic E-state index is 13.4. The first-order chi connectivity index (χ1) is 17.1. The van der Waals surface area contributed by atoms with Gasteiger partial charge in [-0.05, 0) is 39.3 Å². The summed E-state index contributed by atoms with van der Waals surface area (Å²) in [4.78, 5) is 24.3. The van der Waals surface area contributed by atoms with Crippen LogP contribution in [-0.4, -0.2) is 49.3 Å². The van der Waals surface area contributed by atoms with E-state index in [9.17, 15) is 14.5 Å². The van der Waals surface area contributed by atoms with Crippen LogP contribution in [0.1, 0.15) is 33.2 Å². The Bertz CT molecular complexity index is 1300. The molecule has 2 heterocycles. The van der Waals surface area contributed by atoms with Crippen molar-refractivity contribution in [2.24, 2.45) is 5.92 Å². The fourth-order valence-corrected chi connectivity index (χ4v) is 5.29. The molecule has 0 amide bonds. The number of aliphatic carboxylic acids is 1. The molecule has 192 valence electrons. The molecule has 0 bridgehead atoms. The number of carboxylic acids is 1. The minimum absolute atomic E-state index is 0.0436. The van der Waals surface area contributed by atoms with Gasteiger partial charge >= 0.3 is 13.7 Å². The molecule has 4 atom stereocenters. The molecular weight excluding hydrogens is 487 g/mol. The van der Waals surface area contributed by atoms with E-state index in [1.165, 1.54) is 6.92 Å². The van der Waals surface area contributed by atoms with Crippen LogP contribution in [0.2, 0.25) is 0 Å². The van der Waals surface area contributed by atoms with Crippen LogP contribution in [0.25, 0.3) is 11.2 Å². The molecule has 0 fully saturated rings. The second-order valence-corrected chi connectivity index (χ2v) is 10.4. The molecule has 1 unspecified atom stereocenters. The van der Waals surface area contributed by atoms with Crippen LogP contribution in [0.3, 0.4) is 0 Å². The van der Waals surface area contributed by atoms with Gasteiger partial charge in [-0.25, -0.2) is 9.55 Å². The van der Waals surface area contributed by atoms with E-state index in [-0.39, 0.29) is 30.6 Å². The molecule has 0 radical (unpaired) electrons. The second kappa shape index (κ2) is 10.7. The van der Waals surface area contributed by atoms with Gasteiger partial charge < -0.3 is 24.7 Å². The van der Waals surface area contributed by atoms with E-state index < -0.39 is 19.8 Å². The minimum atomic E-state index is -3.99. The van der Waals surface area contributed by atoms with Crippen molar-refractivity contribution >= 4 is 30.8 Å². The number of carboxylic acid groups (broad SMARTS) is 1. The maximum Gasteiger partial charge on any atom is 0.459 e. The van der Waals surface area contributed by atoms with Crippen molar-refractivity contribution in [3.05, 3.63) is 48.8 Å². The number of anilines is 1. The number of para-hydroxylation sites is 1. The highest BCUT2D eigenvalue weighted by atomic mass is 31.2. The van der Waals surface area contributed by atoms with Crippen LogP contribution in [0.4, 0.5) is 5.95 Å². The Kier molecular flexibility index (Phi) is 7.58. The average molecular weight is 516 g/mol. The monoisotopic (exact) mass is 516 g/mol. The van der Waals surface area contributed by atoms with Gasteiger partial charge in [-0.2, -0.15) is 15.1 Å². The topological polar surface area (TPSA) is 164 Å². The first-order valence-electron chi connectivity index (χ1n) is 11.5. The van der Waals surface area contributed by atoms with Crippen molar-refractivity contribution in [2.75, 3.05) is 12.3 Å². The molecule has 1 aliphatic rings. The molecule has 0 spiro atoms. The van der Waals surface area contributed by atoms with Gasteiger partial charge in [0.25, 0.3) is 0 Å². The van der Waals surface area contributed by atoms with Gasteiger partial charge in [0.1, 0.15) is 11.8 Å². The number of imidazole rings is 1. The van der Waals surface area contributed by atoms with Crippen molar-refractivity contribution in [3.63, 3.8) is 0 Å². The lowest BCUT2D eigenvalue weighted by Crippen LogP contribution is -2.33. The van der Waals surface area contributed by atoms with Crippen LogP contribution < -0.4 is 20.1 Å². The van der Waals surface area contributed by atoms with Gasteiger partial charge in [0, 0.05) is 5.92 Å². The highest BCUT2D eigenvalue weighted by Gasteiger charge is 2.33. The number of rotatable bonds is 11. The number of carbonyl (C=O) groups is 1. The minimum Gasteiger partial charge on any atom is -0.480 e. The lowest BCUT2D eigenvalue weighted by molar-refractivity contribution is -0.138. The summed E-state index contributed by atoms with van der Waals surface area (Å²) in [5.41, 5.74) is 6.96. The Balaban J connectivity index is 1.47. The summed E-state index contributed by atoms with van der Waals surface area (Å²) in [7, 11) is -3.99. The Morgan fingerprint density at radius 3 is 2.69 bits per heavy atom. The number of benzene rings is 1. The number of nitrogens with zero attached hydrogens (tertiary/aromatic N) is 4. The van der Waals surface area contributed by atoms with Crippen molar-refractivity contribution < 1.29 is 28.3 Å². The third kappa shape index (κ3) is 6.01. The first kappa shape index (κ1) is 25.6. The number of nitrogen functional groups attached to an aromatic ring is 1. The standard InChI is InChI=1S/C23H29N6O6P/c1-14(2)34-21-19-20(26-23(24)27-21)29(13-25-19)17-10-9-16(11-17)12-33-36(32,28-15(3)22(30)31)35-18-7-5-4-6-8-18/h4-10,13-17H,11-12H2,1-3H3,(H,28,32)(H,30,31)(H2,24,26,27)/t15?,16-,17+,36+/m1/s1. The van der Waals surface area contributed by atoms with E-state index in [1.54, 1.807) is 36.7 Å². The molecule has 4 N–H and O–H groups in total. The van der Waals surface area contributed by atoms with Gasteiger partial charge in [-0.3, -0.25) is 9.32 Å². The highest BCUT2D eigenvalue weighted by molar-refractivity contribution is 7.52. The molecule has 1 aromatic carbocycles. The van der Waals surface area contributed by atoms with E-state index in [1.807, 2.05) is 30.6 Å². The van der Waals surface area contributed by atoms with Crippen molar-refractivity contribution in [3.8, 4) is 11.6 Å². The second-order valence-electron chi connectivity index (χ2n) is 8.71. The summed E-state index contributed by atoms with van der Waals surface area (Å²) in [6, 6.07) is 7.20. The van der Waals surface area contributed by atoms with Crippen LogP contribution in [0.15, 0.2) is 48.8 Å². The Hall–Kier alpha value is -3.47. The summed E-state index contributed by atoms with van der Waals surface area (Å²) in [6.45, 7) is 5.19. The van der Waals surface area contributed by atoms with E-state index >= 15 is 0 Å². The lowest BCUT2D eigenvalue weighted by atomic mass is 10.1. The average Bonchev–Trinajstić information content (AvgIpc) is 3.45. The predicted octanol–water partition coefficient (Wildman–Crippen LogP) is 3.58. The number of nitrogens with one attached hydrogen (secondary N) is 1. The van der Waals surface area contributed by atoms with E-state index in [0.717, 1.165) is 0 Å². The smallest absolute Gasteiger partial charge is 0.459 e. The fourth-order valence-electron chi connectivity index (χ4n) is 3.73. The van der Waals surface area contributed by atoms with E-state index in [0.29, 0.717) is 29.2 Å². The fraction of sp³-hybridized carbons (Fsp3) is 0.391. The molecule has 0 aliphatic heterocycles. The number of hydrogen-bond donors (Lipinski definition) is 3. The SMILES string of the molecule is CC(C)Oc1nc(N)nc2c1ncn2[C@H]1C=C[C@@H](CO[P@@](=O)(NC(C)C(=O)O)Oc2ccccc2)C1. The summed E-state index contributed by atoms with van der Waals surface area (Å²) >= 11 is 0. The molecule has 36 heavy (non-hydrogen) atoms. The Morgan fingerprint density at radius 1 is 1.25 bits per heavy atom. The van der Waals surface area contributed by atoms with Crippen LogP contribution in [-0.2, 0) is 13.9 Å². The van der Waals surface area contributed by atoms with E-state index in [4.69, 9.17) is 19.5 Å². The van der Waals surface area contributed by atoms with Gasteiger partial charge in [0.2, 0.25) is 11.8 Å². The zero-order valence-corrected chi connectivity index (χ0v) is 21.0. The summed E-state index contributed by atoms with van der Waals surface area (Å²) < 4.78 is 32.3. The van der Waals surface area contributed by atoms with Crippen molar-refractivity contribution in [1.82, 2.24) is 24.6 Å². The molecule has 13 heteroatoms. The molecule has 4 rings (SSSR count). The van der Waals surface area contributed by atoms with Crippen LogP contribution in [0.5, 0.6) is 11.6 Å². The molecule has 0 saturated carbocycles. The molecule has 12 nitrogen and oxygen atoms in total. The number of aromatic nitrogens is 4. The summed E-state index contributed by atoms with van der Waals surface area (Å²) in [5.74, 6) is -0.588. The first-order valence-corrected chi connectivity index (χ1v) is 13.0. The predicted molar refractivity (Wildman–Crippen MR) is 133 cm³/mol. The number of hydrogen-bond acceptors (Lipinski definition) is 9. The third-order valence-electron chi connectivity index (χ3n) is 5.41. The van der Waals surface area contributed by atoms with Crippen LogP contribution in [0, 0.1) is 5.92 Å². The number of fused-ring (bicyclic) bond motifs is 1. The van der Waals surface area contributed by atoms with Crippen molar-refractivity contribution in [1.29, 1.82) is 0 Å². The zero-order valence-electron chi connectivity index (χ0n) is 20.1. The molecule has 0 saturated heterocycles. The molecule has 2 aromatic heterocycles. The number of nitrogens with two attached hydrogens (primary N) is 1. The third-order valence-corrected chi connectivity index (χ3v) is 7.05. The largest absolute Gasteiger partial charge is 0.480 e.